The van der Waals surface area contributed by atoms with Crippen molar-refractivity contribution in [1.82, 2.24) is 0 Å². The van der Waals surface area contributed by atoms with Gasteiger partial charge in [-0.25, -0.2) is 0 Å². The Labute approximate surface area is 336 Å². The Hall–Kier alpha value is -0.530. The lowest BCUT2D eigenvalue weighted by Gasteiger charge is -2.12. The molecule has 0 aliphatic heterocycles. The molecule has 2 nitrogen and oxygen atoms in total. The second-order valence-corrected chi connectivity index (χ2v) is 17.8. The fourth-order valence-corrected chi connectivity index (χ4v) is 8.57. The summed E-state index contributed by atoms with van der Waals surface area (Å²) < 4.78 is 0. The first-order valence-electron chi connectivity index (χ1n) is 25.4. The van der Waals surface area contributed by atoms with Gasteiger partial charge in [-0.15, -0.1) is 0 Å². The molecule has 0 spiro atoms. The van der Waals surface area contributed by atoms with Crippen LogP contribution >= 0.6 is 0 Å². The predicted molar refractivity (Wildman–Crippen MR) is 239 cm³/mol. The number of carbonyl (C=O) groups is 1. The standard InChI is InChI=1S/C51H102O2/c1-3-5-7-9-11-13-15-17-19-21-22-23-24-25-26-27-28-29-30-31-32-33-35-37-39-41-43-45-47-49-50(51(52)53)48-46-44-42-40-38-36-34-20-18-16-14-12-10-8-6-4-2/h50H,3-49H2,1-2H3,(H,52,53). The third-order valence-corrected chi connectivity index (χ3v) is 12.4. The van der Waals surface area contributed by atoms with Crippen molar-refractivity contribution in [2.45, 2.75) is 316 Å². The van der Waals surface area contributed by atoms with Crippen molar-refractivity contribution in [1.29, 1.82) is 0 Å². The smallest absolute Gasteiger partial charge is 0.306 e. The van der Waals surface area contributed by atoms with Crippen LogP contribution in [0.1, 0.15) is 316 Å². The summed E-state index contributed by atoms with van der Waals surface area (Å²) in [6.07, 6.45) is 65.1. The van der Waals surface area contributed by atoms with Gasteiger partial charge in [0.1, 0.15) is 0 Å². The van der Waals surface area contributed by atoms with Crippen molar-refractivity contribution in [3.8, 4) is 0 Å². The van der Waals surface area contributed by atoms with Crippen LogP contribution in [0.25, 0.3) is 0 Å². The van der Waals surface area contributed by atoms with Crippen LogP contribution in [-0.4, -0.2) is 11.1 Å². The monoisotopic (exact) mass is 747 g/mol. The molecular formula is C51H102O2. The Morgan fingerprint density at radius 2 is 0.396 bits per heavy atom. The highest BCUT2D eigenvalue weighted by Gasteiger charge is 2.16. The van der Waals surface area contributed by atoms with Gasteiger partial charge in [0, 0.05) is 0 Å². The van der Waals surface area contributed by atoms with E-state index in [0.717, 1.165) is 25.7 Å². The van der Waals surface area contributed by atoms with E-state index < -0.39 is 5.97 Å². The minimum atomic E-state index is -0.550. The van der Waals surface area contributed by atoms with Crippen LogP contribution in [0.2, 0.25) is 0 Å². The minimum absolute atomic E-state index is 0.101. The van der Waals surface area contributed by atoms with Gasteiger partial charge in [-0.05, 0) is 12.8 Å². The number of aliphatic carboxylic acids is 1. The Morgan fingerprint density at radius 3 is 0.528 bits per heavy atom. The highest BCUT2D eigenvalue weighted by molar-refractivity contribution is 5.69. The number of hydrogen-bond acceptors (Lipinski definition) is 1. The van der Waals surface area contributed by atoms with Gasteiger partial charge in [-0.2, -0.15) is 0 Å². The molecule has 1 N–H and O–H groups in total. The molecule has 0 aliphatic rings. The number of hydrogen-bond donors (Lipinski definition) is 1. The molecule has 0 bridgehead atoms. The second kappa shape index (κ2) is 47.6. The average molecular weight is 747 g/mol. The van der Waals surface area contributed by atoms with Crippen molar-refractivity contribution in [2.75, 3.05) is 0 Å². The average Bonchev–Trinajstić information content (AvgIpc) is 3.16. The lowest BCUT2D eigenvalue weighted by atomic mass is 9.94. The molecule has 0 aromatic rings. The molecular weight excluding hydrogens is 645 g/mol. The van der Waals surface area contributed by atoms with E-state index in [1.807, 2.05) is 0 Å². The summed E-state index contributed by atoms with van der Waals surface area (Å²) in [5.74, 6) is -0.651. The van der Waals surface area contributed by atoms with Gasteiger partial charge < -0.3 is 5.11 Å². The van der Waals surface area contributed by atoms with Gasteiger partial charge in [0.2, 0.25) is 0 Å². The molecule has 0 saturated heterocycles. The fraction of sp³-hybridized carbons (Fsp3) is 0.980. The van der Waals surface area contributed by atoms with Crippen molar-refractivity contribution >= 4 is 5.97 Å². The zero-order chi connectivity index (χ0) is 38.4. The summed E-state index contributed by atoms with van der Waals surface area (Å²) in [5.41, 5.74) is 0. The molecule has 0 radical (unpaired) electrons. The van der Waals surface area contributed by atoms with Crippen molar-refractivity contribution in [3.05, 3.63) is 0 Å². The molecule has 0 saturated carbocycles. The molecule has 53 heavy (non-hydrogen) atoms. The fourth-order valence-electron chi connectivity index (χ4n) is 8.57. The van der Waals surface area contributed by atoms with Crippen LogP contribution in [0, 0.1) is 5.92 Å². The second-order valence-electron chi connectivity index (χ2n) is 17.8. The summed E-state index contributed by atoms with van der Waals surface area (Å²) in [7, 11) is 0. The van der Waals surface area contributed by atoms with Crippen LogP contribution in [0.5, 0.6) is 0 Å². The van der Waals surface area contributed by atoms with E-state index in [1.54, 1.807) is 0 Å². The van der Waals surface area contributed by atoms with Gasteiger partial charge in [-0.3, -0.25) is 4.79 Å². The summed E-state index contributed by atoms with van der Waals surface area (Å²) in [4.78, 5) is 11.8. The Morgan fingerprint density at radius 1 is 0.264 bits per heavy atom. The molecule has 0 aliphatic carbocycles. The molecule has 2 heteroatoms. The zero-order valence-corrected chi connectivity index (χ0v) is 37.2. The van der Waals surface area contributed by atoms with Crippen LogP contribution in [0.3, 0.4) is 0 Å². The number of carboxylic acid groups (broad SMARTS) is 1. The molecule has 1 atom stereocenters. The number of carboxylic acids is 1. The Bertz CT molecular complexity index is 659. The maximum Gasteiger partial charge on any atom is 0.306 e. The lowest BCUT2D eigenvalue weighted by Crippen LogP contribution is -2.13. The quantitative estimate of drug-likeness (QED) is 0.0630. The maximum absolute atomic E-state index is 11.8. The van der Waals surface area contributed by atoms with Crippen molar-refractivity contribution < 1.29 is 9.90 Å². The van der Waals surface area contributed by atoms with Gasteiger partial charge in [0.25, 0.3) is 0 Å². The van der Waals surface area contributed by atoms with Gasteiger partial charge >= 0.3 is 5.97 Å². The van der Waals surface area contributed by atoms with Crippen molar-refractivity contribution in [2.24, 2.45) is 5.92 Å². The van der Waals surface area contributed by atoms with Gasteiger partial charge in [-0.1, -0.05) is 303 Å². The molecule has 0 amide bonds. The first-order chi connectivity index (χ1) is 26.2. The third kappa shape index (κ3) is 45.8. The predicted octanol–water partition coefficient (Wildman–Crippen LogP) is 19.1. The number of rotatable bonds is 48. The topological polar surface area (TPSA) is 37.3 Å². The van der Waals surface area contributed by atoms with Crippen LogP contribution < -0.4 is 0 Å². The lowest BCUT2D eigenvalue weighted by molar-refractivity contribution is -0.142. The zero-order valence-electron chi connectivity index (χ0n) is 37.2. The van der Waals surface area contributed by atoms with E-state index in [-0.39, 0.29) is 5.92 Å². The summed E-state index contributed by atoms with van der Waals surface area (Å²) in [5, 5.41) is 9.70. The SMILES string of the molecule is CCCCCCCCCCCCCCCCCCCCCCCCCCCCCCCC(CCCCCCCCCCCCCCCCCC)C(=O)O. The number of unbranched alkanes of at least 4 members (excludes halogenated alkanes) is 43. The Balaban J connectivity index is 3.29. The molecule has 0 aromatic carbocycles. The first kappa shape index (κ1) is 52.5. The van der Waals surface area contributed by atoms with Crippen LogP contribution in [0.4, 0.5) is 0 Å². The molecule has 0 aromatic heterocycles. The van der Waals surface area contributed by atoms with E-state index in [1.165, 1.54) is 276 Å². The first-order valence-corrected chi connectivity index (χ1v) is 25.4. The maximum atomic E-state index is 11.8. The summed E-state index contributed by atoms with van der Waals surface area (Å²) >= 11 is 0. The third-order valence-electron chi connectivity index (χ3n) is 12.4. The highest BCUT2D eigenvalue weighted by atomic mass is 16.4. The summed E-state index contributed by atoms with van der Waals surface area (Å²) in [6.45, 7) is 4.60. The molecule has 318 valence electrons. The highest BCUT2D eigenvalue weighted by Crippen LogP contribution is 2.21. The van der Waals surface area contributed by atoms with E-state index in [2.05, 4.69) is 13.8 Å². The molecule has 1 unspecified atom stereocenters. The van der Waals surface area contributed by atoms with E-state index in [0.29, 0.717) is 0 Å². The summed E-state index contributed by atoms with van der Waals surface area (Å²) in [6, 6.07) is 0. The van der Waals surface area contributed by atoms with Crippen molar-refractivity contribution in [3.63, 3.8) is 0 Å². The van der Waals surface area contributed by atoms with Crippen LogP contribution in [0.15, 0.2) is 0 Å². The molecule has 0 rings (SSSR count). The Kier molecular flexibility index (Phi) is 47.1. The van der Waals surface area contributed by atoms with Gasteiger partial charge in [0.05, 0.1) is 5.92 Å². The van der Waals surface area contributed by atoms with Crippen LogP contribution in [-0.2, 0) is 4.79 Å². The van der Waals surface area contributed by atoms with Gasteiger partial charge in [0.15, 0.2) is 0 Å². The largest absolute Gasteiger partial charge is 0.481 e. The molecule has 0 fully saturated rings. The van der Waals surface area contributed by atoms with E-state index in [4.69, 9.17) is 0 Å². The van der Waals surface area contributed by atoms with E-state index >= 15 is 0 Å². The normalized spacial score (nSPS) is 12.2. The minimum Gasteiger partial charge on any atom is -0.481 e. The van der Waals surface area contributed by atoms with E-state index in [9.17, 15) is 9.90 Å². The molecule has 0 heterocycles.